The molecular formula is C22H20N4O3S2. The number of nitrogens with one attached hydrogen (secondary N) is 1. The molecule has 1 aliphatic heterocycles. The van der Waals surface area contributed by atoms with E-state index in [0.717, 1.165) is 21.9 Å². The molecule has 2 unspecified atom stereocenters. The van der Waals surface area contributed by atoms with E-state index in [1.54, 1.807) is 30.1 Å². The van der Waals surface area contributed by atoms with Gasteiger partial charge in [-0.25, -0.2) is 9.97 Å². The number of hydrogen-bond donors (Lipinski definition) is 1. The second-order valence-electron chi connectivity index (χ2n) is 7.14. The van der Waals surface area contributed by atoms with E-state index >= 15 is 0 Å². The minimum absolute atomic E-state index is 0.179. The maximum Gasteiger partial charge on any atom is 0.223 e. The molecule has 158 valence electrons. The summed E-state index contributed by atoms with van der Waals surface area (Å²) in [4.78, 5) is 12.3. The lowest BCUT2D eigenvalue weighted by molar-refractivity contribution is -0.186. The third-order valence-corrected chi connectivity index (χ3v) is 6.18. The van der Waals surface area contributed by atoms with Crippen molar-refractivity contribution in [3.8, 4) is 17.0 Å². The number of imidazole rings is 1. The van der Waals surface area contributed by atoms with Gasteiger partial charge in [-0.3, -0.25) is 0 Å². The molecule has 4 heterocycles. The first kappa shape index (κ1) is 20.1. The van der Waals surface area contributed by atoms with Crippen molar-refractivity contribution in [1.29, 1.82) is 0 Å². The van der Waals surface area contributed by atoms with Crippen LogP contribution in [0.25, 0.3) is 11.3 Å². The molecule has 0 radical (unpaired) electrons. The number of ether oxygens (including phenoxy) is 3. The quantitative estimate of drug-likeness (QED) is 0.419. The van der Waals surface area contributed by atoms with E-state index in [-0.39, 0.29) is 6.10 Å². The molecule has 0 spiro atoms. The summed E-state index contributed by atoms with van der Waals surface area (Å²) in [6.45, 7) is 1.39. The molecule has 7 nitrogen and oxygen atoms in total. The molecule has 4 aromatic rings. The fourth-order valence-electron chi connectivity index (χ4n) is 3.51. The van der Waals surface area contributed by atoms with Crippen molar-refractivity contribution in [2.45, 2.75) is 18.4 Å². The number of aromatic nitrogens is 4. The Bertz CT molecular complexity index is 1180. The third-order valence-electron chi connectivity index (χ3n) is 4.98. The van der Waals surface area contributed by atoms with Crippen LogP contribution in [0.15, 0.2) is 72.8 Å². The van der Waals surface area contributed by atoms with E-state index < -0.39 is 5.79 Å². The highest BCUT2D eigenvalue weighted by Crippen LogP contribution is 2.38. The Labute approximate surface area is 188 Å². The monoisotopic (exact) mass is 452 g/mol. The van der Waals surface area contributed by atoms with Crippen molar-refractivity contribution >= 4 is 23.6 Å². The van der Waals surface area contributed by atoms with Gasteiger partial charge < -0.3 is 23.8 Å². The Kier molecular flexibility index (Phi) is 5.65. The first-order valence-electron chi connectivity index (χ1n) is 9.80. The molecule has 31 heavy (non-hydrogen) atoms. The Balaban J connectivity index is 1.24. The Morgan fingerprint density at radius 1 is 1.23 bits per heavy atom. The molecule has 1 aromatic carbocycles. The lowest BCUT2D eigenvalue weighted by atomic mass is 10.1. The van der Waals surface area contributed by atoms with Gasteiger partial charge in [0.15, 0.2) is 4.77 Å². The largest absolute Gasteiger partial charge is 0.491 e. The Hall–Kier alpha value is -2.85. The average Bonchev–Trinajstić information content (AvgIpc) is 3.56. The smallest absolute Gasteiger partial charge is 0.223 e. The van der Waals surface area contributed by atoms with Crippen molar-refractivity contribution in [3.05, 3.63) is 82.4 Å². The van der Waals surface area contributed by atoms with Crippen LogP contribution in [0, 0.1) is 4.77 Å². The normalized spacial score (nSPS) is 20.7. The van der Waals surface area contributed by atoms with Crippen molar-refractivity contribution in [2.75, 3.05) is 13.2 Å². The number of thiophene rings is 1. The topological polar surface area (TPSA) is 74.2 Å². The van der Waals surface area contributed by atoms with Crippen LogP contribution in [0.5, 0.6) is 5.75 Å². The van der Waals surface area contributed by atoms with Gasteiger partial charge in [0.05, 0.1) is 24.4 Å². The summed E-state index contributed by atoms with van der Waals surface area (Å²) in [6, 6.07) is 13.8. The number of hydrogen-bond acceptors (Lipinski definition) is 7. The van der Waals surface area contributed by atoms with Crippen molar-refractivity contribution in [1.82, 2.24) is 19.5 Å². The summed E-state index contributed by atoms with van der Waals surface area (Å²) in [6.07, 6.45) is 6.94. The molecule has 3 aromatic heterocycles. The average molecular weight is 453 g/mol. The molecule has 1 aliphatic rings. The highest BCUT2D eigenvalue weighted by molar-refractivity contribution is 7.71. The molecule has 0 saturated carbocycles. The summed E-state index contributed by atoms with van der Waals surface area (Å²) in [5.74, 6) is -0.0606. The summed E-state index contributed by atoms with van der Waals surface area (Å²) in [5.41, 5.74) is 1.93. The molecule has 1 fully saturated rings. The number of rotatable bonds is 7. The SMILES string of the molecule is S=c1nccc(-c2ccc(OCC3COC(Cn4ccnc4)(c4cccs4)O3)cc2)[nH]1. The summed E-state index contributed by atoms with van der Waals surface area (Å²) in [5, 5.41) is 2.03. The maximum atomic E-state index is 6.39. The first-order chi connectivity index (χ1) is 15.2. The zero-order valence-corrected chi connectivity index (χ0v) is 18.1. The fourth-order valence-corrected chi connectivity index (χ4v) is 4.49. The fraction of sp³-hybridized carbons (Fsp3) is 0.227. The number of aromatic amines is 1. The zero-order valence-electron chi connectivity index (χ0n) is 16.5. The maximum absolute atomic E-state index is 6.39. The molecule has 1 N–H and O–H groups in total. The van der Waals surface area contributed by atoms with Gasteiger partial charge in [-0.1, -0.05) is 6.07 Å². The van der Waals surface area contributed by atoms with Crippen LogP contribution in [-0.2, 0) is 21.8 Å². The zero-order chi connectivity index (χ0) is 21.1. The summed E-state index contributed by atoms with van der Waals surface area (Å²) in [7, 11) is 0. The van der Waals surface area contributed by atoms with Crippen LogP contribution in [0.4, 0.5) is 0 Å². The third kappa shape index (κ3) is 4.45. The second-order valence-corrected chi connectivity index (χ2v) is 8.47. The molecule has 2 atom stereocenters. The Morgan fingerprint density at radius 3 is 2.87 bits per heavy atom. The standard InChI is InChI=1S/C22H20N4O3S2/c30-21-24-8-7-19(25-21)16-3-5-17(6-4-16)27-12-18-13-28-22(29-18,20-2-1-11-31-20)14-26-10-9-23-15-26/h1-11,15,18H,12-14H2,(H,24,25,30). The van der Waals surface area contributed by atoms with Gasteiger partial charge >= 0.3 is 0 Å². The second kappa shape index (κ2) is 8.72. The highest BCUT2D eigenvalue weighted by atomic mass is 32.1. The van der Waals surface area contributed by atoms with E-state index in [1.807, 2.05) is 58.6 Å². The van der Waals surface area contributed by atoms with E-state index in [0.29, 0.717) is 24.5 Å². The predicted octanol–water partition coefficient (Wildman–Crippen LogP) is 4.41. The number of benzene rings is 1. The van der Waals surface area contributed by atoms with Gasteiger partial charge in [-0.2, -0.15) is 0 Å². The number of nitrogens with zero attached hydrogens (tertiary/aromatic N) is 3. The van der Waals surface area contributed by atoms with Gasteiger partial charge in [0, 0.05) is 24.3 Å². The minimum Gasteiger partial charge on any atom is -0.491 e. The van der Waals surface area contributed by atoms with Crippen molar-refractivity contribution in [3.63, 3.8) is 0 Å². The van der Waals surface area contributed by atoms with Crippen LogP contribution in [-0.4, -0.2) is 38.8 Å². The molecule has 1 saturated heterocycles. The molecule has 0 amide bonds. The molecule has 0 aliphatic carbocycles. The van der Waals surface area contributed by atoms with Crippen LogP contribution in [0.2, 0.25) is 0 Å². The summed E-state index contributed by atoms with van der Waals surface area (Å²) < 4.78 is 21.0. The van der Waals surface area contributed by atoms with Gasteiger partial charge in [0.1, 0.15) is 18.5 Å². The molecule has 5 rings (SSSR count). The van der Waals surface area contributed by atoms with Gasteiger partial charge in [-0.05, 0) is 59.6 Å². The number of H-pyrrole nitrogens is 1. The van der Waals surface area contributed by atoms with Gasteiger partial charge in [0.2, 0.25) is 5.79 Å². The van der Waals surface area contributed by atoms with Crippen LogP contribution in [0.1, 0.15) is 4.88 Å². The van der Waals surface area contributed by atoms with Crippen LogP contribution >= 0.6 is 23.6 Å². The van der Waals surface area contributed by atoms with E-state index in [1.165, 1.54) is 0 Å². The predicted molar refractivity (Wildman–Crippen MR) is 119 cm³/mol. The molecular weight excluding hydrogens is 432 g/mol. The first-order valence-corrected chi connectivity index (χ1v) is 11.1. The lowest BCUT2D eigenvalue weighted by Gasteiger charge is -2.27. The van der Waals surface area contributed by atoms with E-state index in [9.17, 15) is 0 Å². The lowest BCUT2D eigenvalue weighted by Crippen LogP contribution is -2.33. The van der Waals surface area contributed by atoms with Gasteiger partial charge in [0.25, 0.3) is 0 Å². The van der Waals surface area contributed by atoms with Crippen LogP contribution in [0.3, 0.4) is 0 Å². The van der Waals surface area contributed by atoms with Crippen molar-refractivity contribution < 1.29 is 14.2 Å². The van der Waals surface area contributed by atoms with E-state index in [2.05, 4.69) is 15.0 Å². The van der Waals surface area contributed by atoms with Crippen LogP contribution < -0.4 is 4.74 Å². The molecule has 9 heteroatoms. The molecule has 0 bridgehead atoms. The Morgan fingerprint density at radius 2 is 2.13 bits per heavy atom. The van der Waals surface area contributed by atoms with Crippen molar-refractivity contribution in [2.24, 2.45) is 0 Å². The van der Waals surface area contributed by atoms with E-state index in [4.69, 9.17) is 26.4 Å². The summed E-state index contributed by atoms with van der Waals surface area (Å²) >= 11 is 6.71. The minimum atomic E-state index is -0.828. The van der Waals surface area contributed by atoms with Gasteiger partial charge in [-0.15, -0.1) is 11.3 Å². The highest BCUT2D eigenvalue weighted by Gasteiger charge is 2.44.